The lowest BCUT2D eigenvalue weighted by atomic mass is 10.1. The summed E-state index contributed by atoms with van der Waals surface area (Å²) in [7, 11) is -3.70. The maximum Gasteiger partial charge on any atom is 0.264 e. The maximum absolute atomic E-state index is 12.5. The normalized spacial score (nSPS) is 11.5. The standard InChI is InChI=1S/C25H20N6O3S/c1-16-6-8-17(9-7-16)23-28-24(18-10-11-21-22(15-18)27-13-12-26-21)31(29-23)20-5-3-4-19(14-20)25(32)30-35(2,33)34/h3-15H,1-2H3,(H,30,32). The Kier molecular flexibility index (Phi) is 5.58. The molecule has 5 aromatic rings. The SMILES string of the molecule is Cc1ccc(-c2nc(-c3ccc4nccnc4c3)n(-c3cccc(C(=O)NS(C)(=O)=O)c3)n2)cc1. The summed E-state index contributed by atoms with van der Waals surface area (Å²) in [5.74, 6) is 0.315. The van der Waals surface area contributed by atoms with Crippen LogP contribution in [-0.4, -0.2) is 45.3 Å². The van der Waals surface area contributed by atoms with E-state index >= 15 is 0 Å². The molecular formula is C25H20N6O3S. The van der Waals surface area contributed by atoms with Gasteiger partial charge in [0.25, 0.3) is 5.91 Å². The van der Waals surface area contributed by atoms with E-state index in [-0.39, 0.29) is 5.56 Å². The zero-order valence-electron chi connectivity index (χ0n) is 18.9. The minimum atomic E-state index is -3.70. The smallest absolute Gasteiger partial charge is 0.264 e. The Morgan fingerprint density at radius 3 is 2.34 bits per heavy atom. The summed E-state index contributed by atoms with van der Waals surface area (Å²) >= 11 is 0. The zero-order valence-corrected chi connectivity index (χ0v) is 19.7. The van der Waals surface area contributed by atoms with Gasteiger partial charge in [-0.15, -0.1) is 5.10 Å². The number of nitrogens with zero attached hydrogens (tertiary/aromatic N) is 5. The molecule has 0 bridgehead atoms. The first kappa shape index (κ1) is 22.4. The Hall–Kier alpha value is -4.44. The third kappa shape index (κ3) is 4.78. The van der Waals surface area contributed by atoms with Crippen molar-refractivity contribution >= 4 is 27.0 Å². The van der Waals surface area contributed by atoms with Crippen LogP contribution in [0.3, 0.4) is 0 Å². The lowest BCUT2D eigenvalue weighted by Gasteiger charge is -2.09. The number of rotatable bonds is 5. The molecule has 174 valence electrons. The first-order valence-corrected chi connectivity index (χ1v) is 12.5. The van der Waals surface area contributed by atoms with Gasteiger partial charge in [0.15, 0.2) is 11.6 Å². The number of aryl methyl sites for hydroxylation is 1. The molecule has 0 radical (unpaired) electrons. The minimum Gasteiger partial charge on any atom is -0.268 e. The second-order valence-corrected chi connectivity index (χ2v) is 9.80. The predicted octanol–water partition coefficient (Wildman–Crippen LogP) is 3.54. The lowest BCUT2D eigenvalue weighted by Crippen LogP contribution is -2.29. The molecule has 0 aliphatic rings. The third-order valence-corrected chi connectivity index (χ3v) is 5.83. The van der Waals surface area contributed by atoms with Gasteiger partial charge >= 0.3 is 0 Å². The van der Waals surface area contributed by atoms with E-state index in [2.05, 4.69) is 9.97 Å². The molecule has 0 unspecified atom stereocenters. The van der Waals surface area contributed by atoms with Crippen LogP contribution in [0, 0.1) is 6.92 Å². The molecule has 9 nitrogen and oxygen atoms in total. The second-order valence-electron chi connectivity index (χ2n) is 8.05. The van der Waals surface area contributed by atoms with Crippen LogP contribution in [0.1, 0.15) is 15.9 Å². The Bertz CT molecular complexity index is 1680. The highest BCUT2D eigenvalue weighted by Gasteiger charge is 2.18. The molecule has 0 aliphatic carbocycles. The van der Waals surface area contributed by atoms with E-state index in [1.54, 1.807) is 35.3 Å². The molecule has 1 N–H and O–H groups in total. The fraction of sp³-hybridized carbons (Fsp3) is 0.0800. The topological polar surface area (TPSA) is 120 Å². The van der Waals surface area contributed by atoms with Crippen molar-refractivity contribution in [2.24, 2.45) is 0 Å². The molecule has 35 heavy (non-hydrogen) atoms. The average Bonchev–Trinajstić information content (AvgIpc) is 3.29. The summed E-state index contributed by atoms with van der Waals surface area (Å²) in [6.07, 6.45) is 4.19. The van der Waals surface area contributed by atoms with Crippen LogP contribution in [0.25, 0.3) is 39.5 Å². The fourth-order valence-corrected chi connectivity index (χ4v) is 4.07. The van der Waals surface area contributed by atoms with E-state index in [0.717, 1.165) is 28.5 Å². The van der Waals surface area contributed by atoms with Crippen molar-refractivity contribution in [3.8, 4) is 28.5 Å². The Morgan fingerprint density at radius 1 is 0.886 bits per heavy atom. The van der Waals surface area contributed by atoms with Crippen molar-refractivity contribution in [2.75, 3.05) is 6.26 Å². The lowest BCUT2D eigenvalue weighted by molar-refractivity contribution is 0.0981. The Morgan fingerprint density at radius 2 is 1.60 bits per heavy atom. The molecule has 2 heterocycles. The van der Waals surface area contributed by atoms with Gasteiger partial charge in [-0.05, 0) is 43.3 Å². The number of amides is 1. The van der Waals surface area contributed by atoms with Crippen LogP contribution in [0.2, 0.25) is 0 Å². The van der Waals surface area contributed by atoms with Gasteiger partial charge in [0.1, 0.15) is 0 Å². The molecule has 0 spiro atoms. The highest BCUT2D eigenvalue weighted by Crippen LogP contribution is 2.27. The quantitative estimate of drug-likeness (QED) is 0.405. The van der Waals surface area contributed by atoms with Gasteiger partial charge in [0.05, 0.1) is 23.0 Å². The summed E-state index contributed by atoms with van der Waals surface area (Å²) < 4.78 is 26.7. The fourth-order valence-electron chi connectivity index (χ4n) is 3.61. The summed E-state index contributed by atoms with van der Waals surface area (Å²) in [6.45, 7) is 2.00. The van der Waals surface area contributed by atoms with Crippen molar-refractivity contribution in [1.82, 2.24) is 29.5 Å². The van der Waals surface area contributed by atoms with Crippen LogP contribution in [0.5, 0.6) is 0 Å². The molecule has 0 saturated carbocycles. The summed E-state index contributed by atoms with van der Waals surface area (Å²) in [5.41, 5.74) is 4.89. The van der Waals surface area contributed by atoms with Crippen LogP contribution in [0.4, 0.5) is 0 Å². The van der Waals surface area contributed by atoms with Crippen molar-refractivity contribution < 1.29 is 13.2 Å². The molecule has 0 aliphatic heterocycles. The number of aromatic nitrogens is 5. The number of fused-ring (bicyclic) bond motifs is 1. The van der Waals surface area contributed by atoms with E-state index in [1.807, 2.05) is 54.1 Å². The number of sulfonamides is 1. The molecule has 0 atom stereocenters. The summed E-state index contributed by atoms with van der Waals surface area (Å²) in [6, 6.07) is 20.0. The molecule has 10 heteroatoms. The zero-order chi connectivity index (χ0) is 24.6. The highest BCUT2D eigenvalue weighted by atomic mass is 32.2. The molecule has 0 fully saturated rings. The van der Waals surface area contributed by atoms with Crippen molar-refractivity contribution in [2.45, 2.75) is 6.92 Å². The van der Waals surface area contributed by atoms with Crippen LogP contribution in [0.15, 0.2) is 79.1 Å². The number of benzene rings is 3. The van der Waals surface area contributed by atoms with Crippen LogP contribution >= 0.6 is 0 Å². The first-order chi connectivity index (χ1) is 16.8. The van der Waals surface area contributed by atoms with Gasteiger partial charge in [-0.3, -0.25) is 14.8 Å². The van der Waals surface area contributed by atoms with Crippen molar-refractivity contribution in [3.05, 3.63) is 90.3 Å². The Labute approximate surface area is 201 Å². The van der Waals surface area contributed by atoms with E-state index in [0.29, 0.717) is 22.9 Å². The van der Waals surface area contributed by atoms with Gasteiger partial charge < -0.3 is 0 Å². The van der Waals surface area contributed by atoms with E-state index in [4.69, 9.17) is 10.1 Å². The Balaban J connectivity index is 1.66. The van der Waals surface area contributed by atoms with E-state index in [1.165, 1.54) is 6.07 Å². The summed E-state index contributed by atoms with van der Waals surface area (Å²) in [5, 5.41) is 4.73. The highest BCUT2D eigenvalue weighted by molar-refractivity contribution is 7.89. The van der Waals surface area contributed by atoms with Gasteiger partial charge in [0, 0.05) is 29.1 Å². The van der Waals surface area contributed by atoms with Gasteiger partial charge in [-0.25, -0.2) is 22.8 Å². The average molecular weight is 485 g/mol. The summed E-state index contributed by atoms with van der Waals surface area (Å²) in [4.78, 5) is 26.0. The van der Waals surface area contributed by atoms with Crippen molar-refractivity contribution in [1.29, 1.82) is 0 Å². The van der Waals surface area contributed by atoms with Gasteiger partial charge in [-0.1, -0.05) is 35.9 Å². The predicted molar refractivity (Wildman–Crippen MR) is 132 cm³/mol. The molecule has 5 rings (SSSR count). The van der Waals surface area contributed by atoms with Gasteiger partial charge in [-0.2, -0.15) is 0 Å². The third-order valence-electron chi connectivity index (χ3n) is 5.28. The molecule has 2 aromatic heterocycles. The number of carbonyl (C=O) groups is 1. The second kappa shape index (κ2) is 8.73. The molecular weight excluding hydrogens is 464 g/mol. The van der Waals surface area contributed by atoms with Crippen LogP contribution < -0.4 is 4.72 Å². The van der Waals surface area contributed by atoms with Gasteiger partial charge in [0.2, 0.25) is 10.0 Å². The minimum absolute atomic E-state index is 0.177. The number of carbonyl (C=O) groups excluding carboxylic acids is 1. The maximum atomic E-state index is 12.5. The molecule has 3 aromatic carbocycles. The monoisotopic (exact) mass is 484 g/mol. The molecule has 0 saturated heterocycles. The van der Waals surface area contributed by atoms with E-state index < -0.39 is 15.9 Å². The molecule has 1 amide bonds. The van der Waals surface area contributed by atoms with Crippen molar-refractivity contribution in [3.63, 3.8) is 0 Å². The number of hydrogen-bond acceptors (Lipinski definition) is 7. The number of nitrogens with one attached hydrogen (secondary N) is 1. The van der Waals surface area contributed by atoms with E-state index in [9.17, 15) is 13.2 Å². The van der Waals surface area contributed by atoms with Crippen LogP contribution in [-0.2, 0) is 10.0 Å². The number of hydrogen-bond donors (Lipinski definition) is 1. The largest absolute Gasteiger partial charge is 0.268 e. The first-order valence-electron chi connectivity index (χ1n) is 10.6.